The van der Waals surface area contributed by atoms with Gasteiger partial charge in [0.25, 0.3) is 0 Å². The van der Waals surface area contributed by atoms with E-state index in [9.17, 15) is 9.59 Å². The van der Waals surface area contributed by atoms with Crippen molar-refractivity contribution in [1.29, 1.82) is 0 Å². The van der Waals surface area contributed by atoms with Gasteiger partial charge in [0.2, 0.25) is 5.69 Å². The summed E-state index contributed by atoms with van der Waals surface area (Å²) in [5, 5.41) is 7.53. The predicted molar refractivity (Wildman–Crippen MR) is 66.9 cm³/mol. The Labute approximate surface area is 114 Å². The van der Waals surface area contributed by atoms with Crippen molar-refractivity contribution in [3.05, 3.63) is 35.7 Å². The third-order valence-corrected chi connectivity index (χ3v) is 2.80. The molecule has 0 fully saturated rings. The van der Waals surface area contributed by atoms with Crippen LogP contribution in [0.1, 0.15) is 34.3 Å². The molecule has 0 N–H and O–H groups in total. The summed E-state index contributed by atoms with van der Waals surface area (Å²) in [6.45, 7) is 2.53. The molecule has 0 atom stereocenters. The van der Waals surface area contributed by atoms with Crippen LogP contribution in [-0.4, -0.2) is 33.5 Å². The molecule has 102 valence electrons. The number of esters is 2. The summed E-state index contributed by atoms with van der Waals surface area (Å²) in [7, 11) is 0. The van der Waals surface area contributed by atoms with Crippen molar-refractivity contribution in [1.82, 2.24) is 15.0 Å². The van der Waals surface area contributed by atoms with Gasteiger partial charge in [0.1, 0.15) is 11.4 Å². The molecule has 1 aromatic carbocycles. The number of rotatable bonds is 4. The summed E-state index contributed by atoms with van der Waals surface area (Å²) in [4.78, 5) is 23.1. The summed E-state index contributed by atoms with van der Waals surface area (Å²) in [5.74, 6) is -0.960. The quantitative estimate of drug-likeness (QED) is 0.618. The van der Waals surface area contributed by atoms with E-state index in [2.05, 4.69) is 15.0 Å². The van der Waals surface area contributed by atoms with Crippen molar-refractivity contribution in [2.45, 2.75) is 13.3 Å². The van der Waals surface area contributed by atoms with Gasteiger partial charge in [-0.2, -0.15) is 0 Å². The largest absolute Gasteiger partial charge is 0.491 e. The van der Waals surface area contributed by atoms with Crippen LogP contribution in [0.15, 0.2) is 24.3 Å². The second kappa shape index (κ2) is 4.76. The Morgan fingerprint density at radius 1 is 1.25 bits per heavy atom. The minimum Gasteiger partial charge on any atom is -0.491 e. The molecule has 7 heteroatoms. The second-order valence-electron chi connectivity index (χ2n) is 4.19. The molecule has 0 spiro atoms. The van der Waals surface area contributed by atoms with Gasteiger partial charge < -0.3 is 9.47 Å². The summed E-state index contributed by atoms with van der Waals surface area (Å²) in [6, 6.07) is 7.09. The molecule has 0 saturated heterocycles. The maximum absolute atomic E-state index is 11.7. The lowest BCUT2D eigenvalue weighted by atomic mass is 10.2. The van der Waals surface area contributed by atoms with Gasteiger partial charge in [0, 0.05) is 0 Å². The van der Waals surface area contributed by atoms with Crippen LogP contribution < -0.4 is 4.74 Å². The van der Waals surface area contributed by atoms with Crippen LogP contribution in [-0.2, 0) is 4.74 Å². The van der Waals surface area contributed by atoms with E-state index in [1.165, 1.54) is 4.68 Å². The van der Waals surface area contributed by atoms with Gasteiger partial charge in [-0.1, -0.05) is 24.3 Å². The van der Waals surface area contributed by atoms with Gasteiger partial charge in [-0.25, -0.2) is 14.3 Å². The average molecular weight is 273 g/mol. The Kier molecular flexibility index (Phi) is 2.94. The number of para-hydroxylation sites is 2. The second-order valence-corrected chi connectivity index (χ2v) is 4.19. The van der Waals surface area contributed by atoms with E-state index in [1.54, 1.807) is 18.2 Å². The van der Waals surface area contributed by atoms with E-state index in [0.29, 0.717) is 18.0 Å². The number of carbonyl (C=O) groups excluding carboxylic acids is 2. The number of nitrogens with zero attached hydrogens (tertiary/aromatic N) is 3. The van der Waals surface area contributed by atoms with Gasteiger partial charge >= 0.3 is 11.9 Å². The number of hydrogen-bond donors (Lipinski definition) is 0. The number of hydrogen-bond acceptors (Lipinski definition) is 6. The molecule has 0 amide bonds. The Morgan fingerprint density at radius 3 is 2.85 bits per heavy atom. The Hall–Kier alpha value is -2.70. The standard InChI is InChI=1S/C13H11N3O4/c1-2-7-19-9-6-4-3-5-8(9)16-11-10(14-15-16)12(17)20-13(11)18/h3-6H,2,7H2,1H3. The summed E-state index contributed by atoms with van der Waals surface area (Å²) < 4.78 is 11.4. The third kappa shape index (κ3) is 1.83. The molecule has 0 saturated carbocycles. The Bertz CT molecular complexity index is 693. The SMILES string of the molecule is CCCOc1ccccc1-n1nnc2c1C(=O)OC2=O. The number of carbonyl (C=O) groups is 2. The summed E-state index contributed by atoms with van der Waals surface area (Å²) in [6.07, 6.45) is 0.852. The fourth-order valence-corrected chi connectivity index (χ4v) is 1.92. The highest BCUT2D eigenvalue weighted by Crippen LogP contribution is 2.26. The summed E-state index contributed by atoms with van der Waals surface area (Å²) in [5.41, 5.74) is 0.504. The Balaban J connectivity index is 2.09. The van der Waals surface area contributed by atoms with Crippen molar-refractivity contribution in [2.24, 2.45) is 0 Å². The monoisotopic (exact) mass is 273 g/mol. The number of cyclic esters (lactones) is 2. The molecule has 0 bridgehead atoms. The first kappa shape index (κ1) is 12.3. The van der Waals surface area contributed by atoms with Crippen molar-refractivity contribution in [3.63, 3.8) is 0 Å². The van der Waals surface area contributed by atoms with Crippen LogP contribution in [0.3, 0.4) is 0 Å². The smallest absolute Gasteiger partial charge is 0.369 e. The highest BCUT2D eigenvalue weighted by Gasteiger charge is 2.37. The van der Waals surface area contributed by atoms with E-state index in [0.717, 1.165) is 6.42 Å². The first-order chi connectivity index (χ1) is 9.72. The van der Waals surface area contributed by atoms with E-state index in [-0.39, 0.29) is 11.4 Å². The van der Waals surface area contributed by atoms with Crippen molar-refractivity contribution < 1.29 is 19.1 Å². The molecule has 7 nitrogen and oxygen atoms in total. The molecule has 1 aliphatic rings. The Morgan fingerprint density at radius 2 is 2.05 bits per heavy atom. The lowest BCUT2D eigenvalue weighted by molar-refractivity contribution is 0.0434. The van der Waals surface area contributed by atoms with Gasteiger partial charge in [0.05, 0.1) is 6.61 Å². The average Bonchev–Trinajstić information content (AvgIpc) is 3.00. The first-order valence-corrected chi connectivity index (χ1v) is 6.16. The van der Waals surface area contributed by atoms with Crippen molar-refractivity contribution in [3.8, 4) is 11.4 Å². The third-order valence-electron chi connectivity index (χ3n) is 2.80. The molecule has 2 aromatic rings. The molecular weight excluding hydrogens is 262 g/mol. The van der Waals surface area contributed by atoms with E-state index >= 15 is 0 Å². The van der Waals surface area contributed by atoms with Crippen LogP contribution in [0.25, 0.3) is 5.69 Å². The maximum atomic E-state index is 11.7. The van der Waals surface area contributed by atoms with Gasteiger partial charge in [-0.3, -0.25) is 0 Å². The minimum absolute atomic E-state index is 0.0301. The molecular formula is C13H11N3O4. The molecule has 0 aliphatic carbocycles. The fraction of sp³-hybridized carbons (Fsp3) is 0.231. The fourth-order valence-electron chi connectivity index (χ4n) is 1.92. The topological polar surface area (TPSA) is 83.3 Å². The van der Waals surface area contributed by atoms with E-state index in [1.807, 2.05) is 13.0 Å². The number of aromatic nitrogens is 3. The van der Waals surface area contributed by atoms with E-state index < -0.39 is 11.9 Å². The number of fused-ring (bicyclic) bond motifs is 1. The van der Waals surface area contributed by atoms with Gasteiger partial charge in [-0.05, 0) is 18.6 Å². The maximum Gasteiger partial charge on any atom is 0.369 e. The van der Waals surface area contributed by atoms with Crippen LogP contribution in [0, 0.1) is 0 Å². The van der Waals surface area contributed by atoms with Crippen LogP contribution >= 0.6 is 0 Å². The van der Waals surface area contributed by atoms with Crippen LogP contribution in [0.2, 0.25) is 0 Å². The van der Waals surface area contributed by atoms with Crippen LogP contribution in [0.5, 0.6) is 5.75 Å². The van der Waals surface area contributed by atoms with E-state index in [4.69, 9.17) is 4.74 Å². The minimum atomic E-state index is -0.775. The van der Waals surface area contributed by atoms with Crippen molar-refractivity contribution >= 4 is 11.9 Å². The first-order valence-electron chi connectivity index (χ1n) is 6.16. The molecule has 0 unspecified atom stereocenters. The van der Waals surface area contributed by atoms with Gasteiger partial charge in [0.15, 0.2) is 5.69 Å². The highest BCUT2D eigenvalue weighted by atomic mass is 16.6. The molecule has 0 radical (unpaired) electrons. The van der Waals surface area contributed by atoms with Crippen molar-refractivity contribution in [2.75, 3.05) is 6.61 Å². The predicted octanol–water partition coefficient (Wildman–Crippen LogP) is 1.37. The van der Waals surface area contributed by atoms with Gasteiger partial charge in [-0.15, -0.1) is 5.10 Å². The lowest BCUT2D eigenvalue weighted by Gasteiger charge is -2.10. The lowest BCUT2D eigenvalue weighted by Crippen LogP contribution is -2.10. The zero-order valence-corrected chi connectivity index (χ0v) is 10.7. The van der Waals surface area contributed by atoms with Crippen LogP contribution in [0.4, 0.5) is 0 Å². The normalized spacial score (nSPS) is 13.2. The molecule has 1 aromatic heterocycles. The zero-order valence-electron chi connectivity index (χ0n) is 10.7. The molecule has 2 heterocycles. The molecule has 20 heavy (non-hydrogen) atoms. The number of benzene rings is 1. The summed E-state index contributed by atoms with van der Waals surface area (Å²) >= 11 is 0. The number of ether oxygens (including phenoxy) is 2. The highest BCUT2D eigenvalue weighted by molar-refractivity contribution is 6.12. The molecule has 1 aliphatic heterocycles. The molecule has 3 rings (SSSR count). The zero-order chi connectivity index (χ0) is 14.1.